The molecule has 2 heterocycles. The van der Waals surface area contributed by atoms with Gasteiger partial charge in [0, 0.05) is 45.3 Å². The van der Waals surface area contributed by atoms with Gasteiger partial charge in [-0.05, 0) is 12.0 Å². The monoisotopic (exact) mass is 289 g/mol. The molecule has 1 aromatic carbocycles. The zero-order chi connectivity index (χ0) is 14.5. The molecule has 0 bridgehead atoms. The van der Waals surface area contributed by atoms with Gasteiger partial charge in [-0.3, -0.25) is 4.90 Å². The van der Waals surface area contributed by atoms with Gasteiger partial charge in [-0.2, -0.15) is 0 Å². The first kappa shape index (κ1) is 14.4. The Morgan fingerprint density at radius 2 is 1.95 bits per heavy atom. The van der Waals surface area contributed by atoms with Crippen LogP contribution in [0.5, 0.6) is 0 Å². The minimum atomic E-state index is -0.184. The molecular weight excluding hydrogens is 266 g/mol. The number of rotatable bonds is 3. The number of amides is 1. The van der Waals surface area contributed by atoms with E-state index in [1.165, 1.54) is 0 Å². The average Bonchev–Trinajstić information content (AvgIpc) is 3.04. The summed E-state index contributed by atoms with van der Waals surface area (Å²) in [5.74, 6) is 0. The predicted octanol–water partition coefficient (Wildman–Crippen LogP) is 1.30. The summed E-state index contributed by atoms with van der Waals surface area (Å²) in [6.45, 7) is 6.23. The highest BCUT2D eigenvalue weighted by Crippen LogP contribution is 2.17. The third-order valence-electron chi connectivity index (χ3n) is 4.29. The summed E-state index contributed by atoms with van der Waals surface area (Å²) < 4.78 is 5.40. The van der Waals surface area contributed by atoms with Crippen molar-refractivity contribution in [3.05, 3.63) is 35.9 Å². The summed E-state index contributed by atoms with van der Waals surface area (Å²) in [5, 5.41) is 3.36. The molecule has 3 rings (SSSR count). The number of carbonyl (C=O) groups excluding carboxylic acids is 1. The van der Waals surface area contributed by atoms with Crippen LogP contribution in [0.15, 0.2) is 30.3 Å². The van der Waals surface area contributed by atoms with Crippen molar-refractivity contribution in [2.24, 2.45) is 0 Å². The topological polar surface area (TPSA) is 44.8 Å². The summed E-state index contributed by atoms with van der Waals surface area (Å²) >= 11 is 0. The van der Waals surface area contributed by atoms with E-state index in [4.69, 9.17) is 4.74 Å². The Kier molecular flexibility index (Phi) is 4.72. The fraction of sp³-hybridized carbons (Fsp3) is 0.562. The molecule has 1 N–H and O–H groups in total. The molecule has 1 atom stereocenters. The largest absolute Gasteiger partial charge is 0.445 e. The van der Waals surface area contributed by atoms with Gasteiger partial charge in [0.25, 0.3) is 0 Å². The molecule has 0 aliphatic carbocycles. The summed E-state index contributed by atoms with van der Waals surface area (Å²) in [6, 6.07) is 10.3. The second-order valence-electron chi connectivity index (χ2n) is 5.71. The molecule has 5 heteroatoms. The lowest BCUT2D eigenvalue weighted by atomic mass is 10.2. The van der Waals surface area contributed by atoms with Crippen LogP contribution in [-0.2, 0) is 11.3 Å². The molecule has 114 valence electrons. The Balaban J connectivity index is 1.45. The number of likely N-dealkylation sites (tertiary alicyclic amines) is 1. The number of benzene rings is 1. The first-order chi connectivity index (χ1) is 10.3. The third kappa shape index (κ3) is 3.74. The van der Waals surface area contributed by atoms with Crippen LogP contribution in [0, 0.1) is 0 Å². The predicted molar refractivity (Wildman–Crippen MR) is 81.0 cm³/mol. The number of piperazine rings is 1. The van der Waals surface area contributed by atoms with Gasteiger partial charge in [0.1, 0.15) is 6.61 Å². The van der Waals surface area contributed by atoms with Crippen LogP contribution < -0.4 is 5.32 Å². The maximum Gasteiger partial charge on any atom is 0.410 e. The number of nitrogens with one attached hydrogen (secondary N) is 1. The van der Waals surface area contributed by atoms with Gasteiger partial charge in [0.05, 0.1) is 0 Å². The first-order valence-corrected chi connectivity index (χ1v) is 7.73. The summed E-state index contributed by atoms with van der Waals surface area (Å²) in [4.78, 5) is 16.4. The van der Waals surface area contributed by atoms with E-state index in [0.717, 1.165) is 51.3 Å². The zero-order valence-corrected chi connectivity index (χ0v) is 12.3. The maximum atomic E-state index is 12.1. The van der Waals surface area contributed by atoms with Crippen LogP contribution in [0.1, 0.15) is 12.0 Å². The van der Waals surface area contributed by atoms with E-state index < -0.39 is 0 Å². The molecule has 1 amide bonds. The van der Waals surface area contributed by atoms with Crippen LogP contribution in [0.2, 0.25) is 0 Å². The molecule has 0 saturated carbocycles. The van der Waals surface area contributed by atoms with Crippen molar-refractivity contribution in [2.45, 2.75) is 19.1 Å². The second kappa shape index (κ2) is 6.91. The van der Waals surface area contributed by atoms with Gasteiger partial charge in [-0.15, -0.1) is 0 Å². The number of hydrogen-bond acceptors (Lipinski definition) is 4. The van der Waals surface area contributed by atoms with E-state index in [2.05, 4.69) is 10.2 Å². The van der Waals surface area contributed by atoms with E-state index >= 15 is 0 Å². The van der Waals surface area contributed by atoms with E-state index in [1.807, 2.05) is 35.2 Å². The molecule has 2 aliphatic heterocycles. The smallest absolute Gasteiger partial charge is 0.410 e. The van der Waals surface area contributed by atoms with Crippen molar-refractivity contribution in [1.82, 2.24) is 15.1 Å². The minimum Gasteiger partial charge on any atom is -0.445 e. The van der Waals surface area contributed by atoms with Crippen molar-refractivity contribution >= 4 is 6.09 Å². The quantitative estimate of drug-likeness (QED) is 0.911. The Hall–Kier alpha value is -1.59. The number of carbonyl (C=O) groups is 1. The molecule has 2 fully saturated rings. The molecule has 0 spiro atoms. The second-order valence-corrected chi connectivity index (χ2v) is 5.71. The Morgan fingerprint density at radius 1 is 1.19 bits per heavy atom. The first-order valence-electron chi connectivity index (χ1n) is 7.73. The number of hydrogen-bond donors (Lipinski definition) is 1. The fourth-order valence-electron chi connectivity index (χ4n) is 3.06. The van der Waals surface area contributed by atoms with Crippen molar-refractivity contribution in [3.63, 3.8) is 0 Å². The lowest BCUT2D eigenvalue weighted by molar-refractivity contribution is 0.0990. The van der Waals surface area contributed by atoms with E-state index in [-0.39, 0.29) is 6.09 Å². The molecule has 2 saturated heterocycles. The van der Waals surface area contributed by atoms with Gasteiger partial charge in [0.15, 0.2) is 0 Å². The summed E-state index contributed by atoms with van der Waals surface area (Å²) in [7, 11) is 0. The maximum absolute atomic E-state index is 12.1. The van der Waals surface area contributed by atoms with Crippen molar-refractivity contribution < 1.29 is 9.53 Å². The van der Waals surface area contributed by atoms with E-state index in [1.54, 1.807) is 0 Å². The van der Waals surface area contributed by atoms with Gasteiger partial charge in [-0.1, -0.05) is 30.3 Å². The molecule has 5 nitrogen and oxygen atoms in total. The highest BCUT2D eigenvalue weighted by molar-refractivity contribution is 5.68. The van der Waals surface area contributed by atoms with E-state index in [9.17, 15) is 4.79 Å². The van der Waals surface area contributed by atoms with Crippen LogP contribution in [0.4, 0.5) is 4.79 Å². The summed E-state index contributed by atoms with van der Waals surface area (Å²) in [5.41, 5.74) is 1.03. The average molecular weight is 289 g/mol. The highest BCUT2D eigenvalue weighted by Gasteiger charge is 2.31. The van der Waals surface area contributed by atoms with Crippen molar-refractivity contribution in [2.75, 3.05) is 39.3 Å². The Bertz CT molecular complexity index is 460. The number of ether oxygens (including phenoxy) is 1. The molecule has 2 aliphatic rings. The zero-order valence-electron chi connectivity index (χ0n) is 12.3. The Labute approximate surface area is 125 Å². The summed E-state index contributed by atoms with van der Waals surface area (Å²) in [6.07, 6.45) is 0.872. The van der Waals surface area contributed by atoms with Gasteiger partial charge >= 0.3 is 6.09 Å². The molecule has 0 radical (unpaired) electrons. The van der Waals surface area contributed by atoms with Gasteiger partial charge in [0.2, 0.25) is 0 Å². The van der Waals surface area contributed by atoms with E-state index in [0.29, 0.717) is 12.6 Å². The van der Waals surface area contributed by atoms with Crippen molar-refractivity contribution in [1.29, 1.82) is 0 Å². The molecule has 1 aromatic rings. The third-order valence-corrected chi connectivity index (χ3v) is 4.29. The van der Waals surface area contributed by atoms with Crippen molar-refractivity contribution in [3.8, 4) is 0 Å². The molecule has 0 aromatic heterocycles. The highest BCUT2D eigenvalue weighted by atomic mass is 16.6. The lowest BCUT2D eigenvalue weighted by Crippen LogP contribution is -2.49. The molecule has 21 heavy (non-hydrogen) atoms. The fourth-order valence-corrected chi connectivity index (χ4v) is 3.06. The standard InChI is InChI=1S/C16H23N3O2/c20-16(21-13-14-4-2-1-3-5-14)19-9-6-15(12-19)18-10-7-17-8-11-18/h1-5,15,17H,6-13H2/t15-/m0/s1. The van der Waals surface area contributed by atoms with Crippen LogP contribution in [-0.4, -0.2) is 61.2 Å². The SMILES string of the molecule is O=C(OCc1ccccc1)N1CC[C@H](N2CCNCC2)C1. The molecule has 0 unspecified atom stereocenters. The van der Waals surface area contributed by atoms with Gasteiger partial charge < -0.3 is 15.0 Å². The van der Waals surface area contributed by atoms with Crippen LogP contribution >= 0.6 is 0 Å². The van der Waals surface area contributed by atoms with Gasteiger partial charge in [-0.25, -0.2) is 4.79 Å². The number of nitrogens with zero attached hydrogens (tertiary/aromatic N) is 2. The normalized spacial score (nSPS) is 23.2. The van der Waals surface area contributed by atoms with Crippen LogP contribution in [0.25, 0.3) is 0 Å². The Morgan fingerprint density at radius 3 is 2.71 bits per heavy atom. The molecular formula is C16H23N3O2. The lowest BCUT2D eigenvalue weighted by Gasteiger charge is -2.32. The minimum absolute atomic E-state index is 0.184. The van der Waals surface area contributed by atoms with Crippen LogP contribution in [0.3, 0.4) is 0 Å².